The average Bonchev–Trinajstić information content (AvgIpc) is 2.61. The van der Waals surface area contributed by atoms with Gasteiger partial charge >= 0.3 is 5.97 Å². The van der Waals surface area contributed by atoms with E-state index in [2.05, 4.69) is 26.6 Å². The zero-order valence-corrected chi connectivity index (χ0v) is 15.8. The predicted molar refractivity (Wildman–Crippen MR) is 103 cm³/mol. The Kier molecular flexibility index (Phi) is 7.35. The van der Waals surface area contributed by atoms with E-state index >= 15 is 0 Å². The molecule has 0 heterocycles. The molecule has 2 rings (SSSR count). The number of ether oxygens (including phenoxy) is 1. The third-order valence-electron chi connectivity index (χ3n) is 3.44. The lowest BCUT2D eigenvalue weighted by Gasteiger charge is -2.09. The van der Waals surface area contributed by atoms with Crippen LogP contribution in [-0.4, -0.2) is 24.4 Å². The van der Waals surface area contributed by atoms with Gasteiger partial charge in [-0.1, -0.05) is 34.1 Å². The summed E-state index contributed by atoms with van der Waals surface area (Å²) >= 11 is 3.35. The molecule has 6 nitrogen and oxygen atoms in total. The molecule has 0 radical (unpaired) electrons. The van der Waals surface area contributed by atoms with E-state index in [0.29, 0.717) is 11.4 Å². The summed E-state index contributed by atoms with van der Waals surface area (Å²) in [5.74, 6) is -1.32. The van der Waals surface area contributed by atoms with Crippen LogP contribution in [-0.2, 0) is 19.1 Å². The number of hydrogen-bond donors (Lipinski definition) is 2. The highest BCUT2D eigenvalue weighted by atomic mass is 79.9. The lowest BCUT2D eigenvalue weighted by molar-refractivity contribution is -0.147. The van der Waals surface area contributed by atoms with Gasteiger partial charge in [0.2, 0.25) is 5.91 Å². The SMILES string of the molecule is Cc1cc(Br)ccc1NC(=O)COC(=O)CCC(=O)Nc1ccccc1. The van der Waals surface area contributed by atoms with Gasteiger partial charge in [-0.25, -0.2) is 0 Å². The van der Waals surface area contributed by atoms with E-state index in [1.54, 1.807) is 36.4 Å². The lowest BCUT2D eigenvalue weighted by atomic mass is 10.2. The molecule has 2 aromatic rings. The van der Waals surface area contributed by atoms with E-state index < -0.39 is 18.5 Å². The van der Waals surface area contributed by atoms with Crippen molar-refractivity contribution >= 4 is 45.1 Å². The first-order valence-electron chi connectivity index (χ1n) is 8.00. The minimum absolute atomic E-state index is 0.0127. The summed E-state index contributed by atoms with van der Waals surface area (Å²) in [5.41, 5.74) is 2.20. The standard InChI is InChI=1S/C19H19BrN2O4/c1-13-11-14(20)7-8-16(13)22-18(24)12-26-19(25)10-9-17(23)21-15-5-3-2-4-6-15/h2-8,11H,9-10,12H2,1H3,(H,21,23)(H,22,24). The minimum atomic E-state index is -0.601. The summed E-state index contributed by atoms with van der Waals surface area (Å²) in [6.07, 6.45) is -0.107. The zero-order chi connectivity index (χ0) is 18.9. The number of carbonyl (C=O) groups excluding carboxylic acids is 3. The van der Waals surface area contributed by atoms with Crippen LogP contribution in [0.1, 0.15) is 18.4 Å². The van der Waals surface area contributed by atoms with Gasteiger partial charge in [-0.2, -0.15) is 0 Å². The van der Waals surface area contributed by atoms with Crippen molar-refractivity contribution in [1.82, 2.24) is 0 Å². The zero-order valence-electron chi connectivity index (χ0n) is 14.3. The van der Waals surface area contributed by atoms with Gasteiger partial charge in [-0.05, 0) is 42.8 Å². The monoisotopic (exact) mass is 418 g/mol. The average molecular weight is 419 g/mol. The van der Waals surface area contributed by atoms with Crippen LogP contribution in [0.2, 0.25) is 0 Å². The molecule has 0 fully saturated rings. The number of nitrogens with one attached hydrogen (secondary N) is 2. The van der Waals surface area contributed by atoms with Crippen LogP contribution in [0, 0.1) is 6.92 Å². The Morgan fingerprint density at radius 3 is 2.38 bits per heavy atom. The van der Waals surface area contributed by atoms with E-state index in [1.165, 1.54) is 0 Å². The van der Waals surface area contributed by atoms with Crippen molar-refractivity contribution in [3.8, 4) is 0 Å². The fraction of sp³-hybridized carbons (Fsp3) is 0.211. The Labute approximate surface area is 160 Å². The Bertz CT molecular complexity index is 793. The topological polar surface area (TPSA) is 84.5 Å². The highest BCUT2D eigenvalue weighted by Gasteiger charge is 2.11. The lowest BCUT2D eigenvalue weighted by Crippen LogP contribution is -2.22. The van der Waals surface area contributed by atoms with Gasteiger partial charge in [0.1, 0.15) is 0 Å². The quantitative estimate of drug-likeness (QED) is 0.671. The van der Waals surface area contributed by atoms with Crippen LogP contribution in [0.25, 0.3) is 0 Å². The van der Waals surface area contributed by atoms with E-state index in [-0.39, 0.29) is 18.7 Å². The van der Waals surface area contributed by atoms with E-state index in [0.717, 1.165) is 10.0 Å². The van der Waals surface area contributed by atoms with Gasteiger partial charge in [-0.3, -0.25) is 14.4 Å². The molecule has 0 aliphatic carbocycles. The second-order valence-electron chi connectivity index (χ2n) is 5.58. The van der Waals surface area contributed by atoms with Crippen LogP contribution >= 0.6 is 15.9 Å². The summed E-state index contributed by atoms with van der Waals surface area (Å²) in [6, 6.07) is 14.4. The summed E-state index contributed by atoms with van der Waals surface area (Å²) in [5, 5.41) is 5.35. The summed E-state index contributed by atoms with van der Waals surface area (Å²) in [6.45, 7) is 1.46. The molecule has 2 N–H and O–H groups in total. The van der Waals surface area contributed by atoms with E-state index in [1.807, 2.05) is 19.1 Å². The molecule has 0 aromatic heterocycles. The molecule has 0 saturated carbocycles. The molecule has 7 heteroatoms. The van der Waals surface area contributed by atoms with Crippen LogP contribution in [0.15, 0.2) is 53.0 Å². The normalized spacial score (nSPS) is 10.1. The fourth-order valence-corrected chi connectivity index (χ4v) is 2.61. The maximum Gasteiger partial charge on any atom is 0.306 e. The van der Waals surface area contributed by atoms with Crippen molar-refractivity contribution in [1.29, 1.82) is 0 Å². The number of para-hydroxylation sites is 1. The van der Waals surface area contributed by atoms with Gasteiger partial charge in [-0.15, -0.1) is 0 Å². The second kappa shape index (κ2) is 9.72. The number of hydrogen-bond acceptors (Lipinski definition) is 4. The highest BCUT2D eigenvalue weighted by Crippen LogP contribution is 2.19. The molecule has 0 aliphatic rings. The summed E-state index contributed by atoms with van der Waals surface area (Å²) in [4.78, 5) is 35.3. The smallest absolute Gasteiger partial charge is 0.306 e. The predicted octanol–water partition coefficient (Wildman–Crippen LogP) is 3.66. The molecule has 0 spiro atoms. The Morgan fingerprint density at radius 2 is 1.69 bits per heavy atom. The van der Waals surface area contributed by atoms with Gasteiger partial charge in [0.25, 0.3) is 5.91 Å². The molecular weight excluding hydrogens is 400 g/mol. The maximum atomic E-state index is 11.9. The van der Waals surface area contributed by atoms with Crippen molar-refractivity contribution in [2.75, 3.05) is 17.2 Å². The van der Waals surface area contributed by atoms with Crippen molar-refractivity contribution in [3.63, 3.8) is 0 Å². The van der Waals surface area contributed by atoms with E-state index in [4.69, 9.17) is 4.74 Å². The molecular formula is C19H19BrN2O4. The summed E-state index contributed by atoms with van der Waals surface area (Å²) < 4.78 is 5.81. The largest absolute Gasteiger partial charge is 0.456 e. The van der Waals surface area contributed by atoms with Gasteiger partial charge in [0, 0.05) is 22.3 Å². The van der Waals surface area contributed by atoms with Crippen molar-refractivity contribution < 1.29 is 19.1 Å². The van der Waals surface area contributed by atoms with Crippen molar-refractivity contribution in [2.45, 2.75) is 19.8 Å². The number of carbonyl (C=O) groups is 3. The molecule has 0 aliphatic heterocycles. The number of amides is 2. The fourth-order valence-electron chi connectivity index (χ4n) is 2.13. The number of benzene rings is 2. The Morgan fingerprint density at radius 1 is 0.962 bits per heavy atom. The first-order chi connectivity index (χ1) is 12.4. The number of rotatable bonds is 7. The molecule has 2 aromatic carbocycles. The van der Waals surface area contributed by atoms with E-state index in [9.17, 15) is 14.4 Å². The number of anilines is 2. The Hall–Kier alpha value is -2.67. The molecule has 136 valence electrons. The van der Waals surface area contributed by atoms with Crippen LogP contribution < -0.4 is 10.6 Å². The third kappa shape index (κ3) is 6.68. The highest BCUT2D eigenvalue weighted by molar-refractivity contribution is 9.10. The van der Waals surface area contributed by atoms with Crippen LogP contribution in [0.4, 0.5) is 11.4 Å². The maximum absolute atomic E-state index is 11.9. The van der Waals surface area contributed by atoms with Crippen LogP contribution in [0.3, 0.4) is 0 Å². The van der Waals surface area contributed by atoms with Gasteiger partial charge < -0.3 is 15.4 Å². The van der Waals surface area contributed by atoms with Crippen molar-refractivity contribution in [2.24, 2.45) is 0 Å². The third-order valence-corrected chi connectivity index (χ3v) is 3.93. The van der Waals surface area contributed by atoms with Crippen LogP contribution in [0.5, 0.6) is 0 Å². The van der Waals surface area contributed by atoms with Gasteiger partial charge in [0.05, 0.1) is 6.42 Å². The number of halogens is 1. The number of aryl methyl sites for hydroxylation is 1. The first-order valence-corrected chi connectivity index (χ1v) is 8.80. The minimum Gasteiger partial charge on any atom is -0.456 e. The molecule has 26 heavy (non-hydrogen) atoms. The number of esters is 1. The molecule has 0 unspecified atom stereocenters. The first kappa shape index (κ1) is 19.7. The summed E-state index contributed by atoms with van der Waals surface area (Å²) in [7, 11) is 0. The van der Waals surface area contributed by atoms with Crippen molar-refractivity contribution in [3.05, 3.63) is 58.6 Å². The molecule has 0 atom stereocenters. The molecule has 2 amide bonds. The molecule has 0 bridgehead atoms. The van der Waals surface area contributed by atoms with Gasteiger partial charge in [0.15, 0.2) is 6.61 Å². The second-order valence-corrected chi connectivity index (χ2v) is 6.50. The molecule has 0 saturated heterocycles. The Balaban J connectivity index is 1.69.